The van der Waals surface area contributed by atoms with E-state index >= 15 is 0 Å². The zero-order chi connectivity index (χ0) is 26.5. The van der Waals surface area contributed by atoms with Crippen molar-refractivity contribution in [1.82, 2.24) is 5.06 Å². The molecular weight excluding hydrogens is 446 g/mol. The number of hydrogen-bond acceptors (Lipinski definition) is 3. The average molecular weight is 498 g/mol. The molecule has 4 nitrogen and oxygen atoms in total. The van der Waals surface area contributed by atoms with Gasteiger partial charge in [0.1, 0.15) is 5.78 Å². The third-order valence-electron chi connectivity index (χ3n) is 13.7. The van der Waals surface area contributed by atoms with Crippen LogP contribution in [0.1, 0.15) is 106 Å². The molecule has 5 aliphatic rings. The molecule has 5 aliphatic carbocycles. The highest BCUT2D eigenvalue weighted by Crippen LogP contribution is 2.75. The molecule has 0 aliphatic heterocycles. The number of ketones is 1. The van der Waals surface area contributed by atoms with Gasteiger partial charge in [0, 0.05) is 18.9 Å². The number of amides is 1. The second-order valence-electron chi connectivity index (χ2n) is 14.9. The maximum atomic E-state index is 14.0. The van der Waals surface area contributed by atoms with E-state index in [1.54, 1.807) is 19.7 Å². The number of carbonyl (C=O) groups is 2. The largest absolute Gasteiger partial charge is 0.299 e. The molecule has 0 heterocycles. The summed E-state index contributed by atoms with van der Waals surface area (Å²) in [6, 6.07) is 0. The van der Waals surface area contributed by atoms with E-state index in [-0.39, 0.29) is 38.9 Å². The SMILES string of the molecule is CON(C)C(=O)[C@]12CC[C@@H](C)[C@H](C)[C@H]1C1=CC[C@@H]3[C@@]4(C)CCC(=O)C(C)(C)[C@@H]4CC[C@@]3(C)[C@]1(C)CC2. The fourth-order valence-corrected chi connectivity index (χ4v) is 11.1. The van der Waals surface area contributed by atoms with Crippen LogP contribution in [0, 0.1) is 56.7 Å². The Morgan fingerprint density at radius 1 is 0.972 bits per heavy atom. The zero-order valence-electron chi connectivity index (χ0n) is 24.5. The Hall–Kier alpha value is -1.16. The van der Waals surface area contributed by atoms with Crippen molar-refractivity contribution in [3.8, 4) is 0 Å². The zero-order valence-corrected chi connectivity index (χ0v) is 24.5. The first-order valence-corrected chi connectivity index (χ1v) is 14.8. The molecule has 4 fully saturated rings. The third kappa shape index (κ3) is 3.09. The van der Waals surface area contributed by atoms with Crippen LogP contribution in [-0.2, 0) is 14.4 Å². The fraction of sp³-hybridized carbons (Fsp3) is 0.875. The van der Waals surface area contributed by atoms with Crippen molar-refractivity contribution < 1.29 is 14.4 Å². The van der Waals surface area contributed by atoms with Gasteiger partial charge >= 0.3 is 0 Å². The van der Waals surface area contributed by atoms with Crippen molar-refractivity contribution in [3.05, 3.63) is 11.6 Å². The van der Waals surface area contributed by atoms with Crippen LogP contribution < -0.4 is 0 Å². The molecular formula is C32H51NO3. The summed E-state index contributed by atoms with van der Waals surface area (Å²) in [4.78, 5) is 32.4. The quantitative estimate of drug-likeness (QED) is 0.298. The van der Waals surface area contributed by atoms with Gasteiger partial charge in [0.2, 0.25) is 0 Å². The molecule has 9 atom stereocenters. The predicted molar refractivity (Wildman–Crippen MR) is 144 cm³/mol. The summed E-state index contributed by atoms with van der Waals surface area (Å²) < 4.78 is 0. The monoisotopic (exact) mass is 497 g/mol. The number of Topliss-reactive ketones (excluding diaryl/α,β-unsaturated/α-hetero) is 1. The molecule has 4 saturated carbocycles. The van der Waals surface area contributed by atoms with Gasteiger partial charge in [0.15, 0.2) is 0 Å². The Morgan fingerprint density at radius 3 is 2.33 bits per heavy atom. The van der Waals surface area contributed by atoms with Crippen LogP contribution in [0.3, 0.4) is 0 Å². The molecule has 0 radical (unpaired) electrons. The van der Waals surface area contributed by atoms with Gasteiger partial charge in [-0.05, 0) is 97.2 Å². The van der Waals surface area contributed by atoms with Crippen LogP contribution in [-0.4, -0.2) is 30.9 Å². The molecule has 202 valence electrons. The molecule has 0 spiro atoms. The van der Waals surface area contributed by atoms with E-state index in [0.717, 1.165) is 51.4 Å². The van der Waals surface area contributed by atoms with E-state index in [9.17, 15) is 9.59 Å². The van der Waals surface area contributed by atoms with Gasteiger partial charge in [-0.2, -0.15) is 0 Å². The average Bonchev–Trinajstić information content (AvgIpc) is 2.83. The highest BCUT2D eigenvalue weighted by Gasteiger charge is 2.69. The number of allylic oxidation sites excluding steroid dienone is 2. The van der Waals surface area contributed by atoms with Crippen LogP contribution in [0.25, 0.3) is 0 Å². The molecule has 0 N–H and O–H groups in total. The van der Waals surface area contributed by atoms with Crippen LogP contribution in [0.5, 0.6) is 0 Å². The number of carbonyl (C=O) groups excluding carboxylic acids is 2. The molecule has 0 saturated heterocycles. The first-order chi connectivity index (χ1) is 16.7. The molecule has 36 heavy (non-hydrogen) atoms. The first-order valence-electron chi connectivity index (χ1n) is 14.8. The minimum atomic E-state index is -0.342. The second-order valence-corrected chi connectivity index (χ2v) is 14.9. The van der Waals surface area contributed by atoms with Crippen molar-refractivity contribution in [2.45, 2.75) is 106 Å². The minimum Gasteiger partial charge on any atom is -0.299 e. The molecule has 0 bridgehead atoms. The van der Waals surface area contributed by atoms with E-state index in [1.807, 2.05) is 0 Å². The lowest BCUT2D eigenvalue weighted by Gasteiger charge is -2.71. The smallest absolute Gasteiger partial charge is 0.252 e. The van der Waals surface area contributed by atoms with Crippen molar-refractivity contribution in [2.24, 2.45) is 56.7 Å². The standard InChI is InChI=1S/C32H51NO3/c1-20-12-17-32(27(35)33(8)36-9)19-18-30(6)22(26(32)21(20)2)10-11-24-29(5)15-14-25(34)28(3,4)23(29)13-16-31(24,30)7/h10,20-21,23-24,26H,11-19H2,1-9H3/t20-,21+,23+,24-,26+,29+,30-,31-,32+/m1/s1. The number of rotatable bonds is 2. The van der Waals surface area contributed by atoms with E-state index in [2.05, 4.69) is 54.5 Å². The Bertz CT molecular complexity index is 984. The Balaban J connectivity index is 1.61. The lowest BCUT2D eigenvalue weighted by molar-refractivity contribution is -0.202. The molecule has 0 aromatic heterocycles. The van der Waals surface area contributed by atoms with Crippen molar-refractivity contribution in [3.63, 3.8) is 0 Å². The van der Waals surface area contributed by atoms with Gasteiger partial charge in [-0.1, -0.05) is 60.1 Å². The van der Waals surface area contributed by atoms with Gasteiger partial charge < -0.3 is 0 Å². The van der Waals surface area contributed by atoms with Crippen molar-refractivity contribution >= 4 is 11.7 Å². The summed E-state index contributed by atoms with van der Waals surface area (Å²) in [7, 11) is 3.41. The number of hydrogen-bond donors (Lipinski definition) is 0. The normalized spacial score (nSPS) is 49.6. The molecule has 4 heteroatoms. The minimum absolute atomic E-state index is 0.0981. The van der Waals surface area contributed by atoms with Crippen molar-refractivity contribution in [2.75, 3.05) is 14.2 Å². The van der Waals surface area contributed by atoms with Crippen molar-refractivity contribution in [1.29, 1.82) is 0 Å². The lowest BCUT2D eigenvalue weighted by Crippen LogP contribution is -2.65. The summed E-state index contributed by atoms with van der Waals surface area (Å²) in [6.07, 6.45) is 12.0. The van der Waals surface area contributed by atoms with E-state index in [0.29, 0.717) is 29.5 Å². The number of nitrogens with zero attached hydrogens (tertiary/aromatic N) is 1. The van der Waals surface area contributed by atoms with Crippen LogP contribution >= 0.6 is 0 Å². The van der Waals surface area contributed by atoms with Crippen LogP contribution in [0.2, 0.25) is 0 Å². The highest BCUT2D eigenvalue weighted by molar-refractivity contribution is 5.85. The summed E-state index contributed by atoms with van der Waals surface area (Å²) in [5.74, 6) is 3.11. The summed E-state index contributed by atoms with van der Waals surface area (Å²) in [6.45, 7) is 17.0. The summed E-state index contributed by atoms with van der Waals surface area (Å²) in [5, 5.41) is 1.51. The van der Waals surface area contributed by atoms with Crippen LogP contribution in [0.4, 0.5) is 0 Å². The van der Waals surface area contributed by atoms with Gasteiger partial charge in [-0.25, -0.2) is 5.06 Å². The maximum absolute atomic E-state index is 14.0. The number of fused-ring (bicyclic) bond motifs is 7. The third-order valence-corrected chi connectivity index (χ3v) is 13.7. The molecule has 0 aromatic rings. The van der Waals surface area contributed by atoms with E-state index in [1.165, 1.54) is 11.5 Å². The Morgan fingerprint density at radius 2 is 1.67 bits per heavy atom. The van der Waals surface area contributed by atoms with Crippen LogP contribution in [0.15, 0.2) is 11.6 Å². The maximum Gasteiger partial charge on any atom is 0.252 e. The first kappa shape index (κ1) is 26.4. The fourth-order valence-electron chi connectivity index (χ4n) is 11.1. The summed E-state index contributed by atoms with van der Waals surface area (Å²) in [5.41, 5.74) is 1.53. The molecule has 0 aromatic carbocycles. The van der Waals surface area contributed by atoms with E-state index in [4.69, 9.17) is 4.84 Å². The highest BCUT2D eigenvalue weighted by atomic mass is 16.7. The van der Waals surface area contributed by atoms with Gasteiger partial charge in [-0.15, -0.1) is 0 Å². The van der Waals surface area contributed by atoms with Gasteiger partial charge in [0.05, 0.1) is 12.5 Å². The van der Waals surface area contributed by atoms with E-state index < -0.39 is 0 Å². The molecule has 5 rings (SSSR count). The Kier molecular flexibility index (Phi) is 6.00. The molecule has 0 unspecified atom stereocenters. The predicted octanol–water partition coefficient (Wildman–Crippen LogP) is 7.23. The van der Waals surface area contributed by atoms with Gasteiger partial charge in [-0.3, -0.25) is 14.4 Å². The van der Waals surface area contributed by atoms with Gasteiger partial charge in [0.25, 0.3) is 5.91 Å². The molecule has 1 amide bonds. The second kappa shape index (κ2) is 8.17. The summed E-state index contributed by atoms with van der Waals surface area (Å²) >= 11 is 0. The lowest BCUT2D eigenvalue weighted by atomic mass is 9.33. The topological polar surface area (TPSA) is 46.6 Å². The Labute approximate surface area is 219 Å². The number of hydroxylamine groups is 2.